The average molecular weight is 537 g/mol. The number of methoxy groups -OCH3 is 1. The summed E-state index contributed by atoms with van der Waals surface area (Å²) in [4.78, 5) is 73.2. The number of carboxylic acid groups (broad SMARTS) is 1. The van der Waals surface area contributed by atoms with Crippen molar-refractivity contribution in [3.63, 3.8) is 0 Å². The number of nitrogens with zero attached hydrogens (tertiary/aromatic N) is 2. The van der Waals surface area contributed by atoms with Gasteiger partial charge in [-0.15, -0.1) is 0 Å². The summed E-state index contributed by atoms with van der Waals surface area (Å²) >= 11 is 0. The van der Waals surface area contributed by atoms with Crippen molar-refractivity contribution < 1.29 is 48.1 Å². The summed E-state index contributed by atoms with van der Waals surface area (Å²) in [5.41, 5.74) is -6.62. The molecule has 0 aromatic rings. The number of esters is 3. The van der Waals surface area contributed by atoms with E-state index in [1.54, 1.807) is 0 Å². The Balaban J connectivity index is 6.05. The number of hydrogen-bond acceptors (Lipinski definition) is 11. The predicted octanol–water partition coefficient (Wildman–Crippen LogP) is 2.53. The van der Waals surface area contributed by atoms with Gasteiger partial charge in [0, 0.05) is 12.8 Å². The van der Waals surface area contributed by atoms with Crippen molar-refractivity contribution in [2.24, 2.45) is 21.7 Å². The van der Waals surface area contributed by atoms with Gasteiger partial charge in [0.15, 0.2) is 5.78 Å². The highest BCUT2D eigenvalue weighted by Crippen LogP contribution is 2.47. The number of aliphatic carboxylic acids is 1. The van der Waals surface area contributed by atoms with Gasteiger partial charge in [-0.05, 0) is 54.4 Å². The molecule has 3 atom stereocenters. The number of carboxylic acids is 1. The van der Waals surface area contributed by atoms with Crippen molar-refractivity contribution >= 4 is 35.4 Å². The molecule has 3 unspecified atom stereocenters. The van der Waals surface area contributed by atoms with Crippen LogP contribution in [0.2, 0.25) is 0 Å². The topological polar surface area (TPSA) is 198 Å². The van der Waals surface area contributed by atoms with Crippen LogP contribution in [0.25, 0.3) is 0 Å². The Morgan fingerprint density at radius 1 is 0.868 bits per heavy atom. The zero-order chi connectivity index (χ0) is 29.9. The average Bonchev–Trinajstić information content (AvgIpc) is 2.83. The molecule has 0 aromatic carbocycles. The van der Waals surface area contributed by atoms with E-state index in [0.717, 1.165) is 7.11 Å². The second-order valence-electron chi connectivity index (χ2n) is 10.5. The van der Waals surface area contributed by atoms with Gasteiger partial charge in [-0.2, -0.15) is 10.5 Å². The molecule has 0 saturated heterocycles. The third-order valence-electron chi connectivity index (χ3n) is 6.75. The second-order valence-corrected chi connectivity index (χ2v) is 10.5. The number of carbonyl (C=O) groups excluding carboxylic acids is 5. The summed E-state index contributed by atoms with van der Waals surface area (Å²) in [6, 6.07) is 3.95. The Hall–Kier alpha value is -3.80. The first kappa shape index (κ1) is 34.2. The minimum Gasteiger partial charge on any atom is -0.481 e. The molecule has 1 N–H and O–H groups in total. The zero-order valence-corrected chi connectivity index (χ0v) is 23.0. The van der Waals surface area contributed by atoms with E-state index < -0.39 is 76.6 Å². The van der Waals surface area contributed by atoms with Crippen LogP contribution in [0.4, 0.5) is 0 Å². The van der Waals surface area contributed by atoms with Crippen LogP contribution in [-0.2, 0) is 43.0 Å². The van der Waals surface area contributed by atoms with E-state index in [4.69, 9.17) is 19.3 Å². The molecule has 0 aromatic heterocycles. The Morgan fingerprint density at radius 2 is 1.42 bits per heavy atom. The maximum Gasteiger partial charge on any atom is 0.319 e. The first-order valence-corrected chi connectivity index (χ1v) is 11.8. The standard InChI is InChI=1S/C26H36N2O10/c1-17(29)12-20(33)37-10-11-38-22(35)26(6,23(2,3)15-27)13-18(30)25(5,21(34)36-7)14-24(4,16-28)9-8-19(31)32/h8-14H2,1-7H3,(H,31,32). The van der Waals surface area contributed by atoms with Crippen LogP contribution in [0.15, 0.2) is 0 Å². The maximum absolute atomic E-state index is 13.7. The fourth-order valence-electron chi connectivity index (χ4n) is 3.75. The molecule has 0 bridgehead atoms. The third kappa shape index (κ3) is 8.94. The van der Waals surface area contributed by atoms with Crippen LogP contribution >= 0.6 is 0 Å². The minimum atomic E-state index is -1.95. The van der Waals surface area contributed by atoms with Gasteiger partial charge in [-0.25, -0.2) is 0 Å². The largest absolute Gasteiger partial charge is 0.481 e. The molecule has 210 valence electrons. The van der Waals surface area contributed by atoms with Crippen LogP contribution in [0, 0.1) is 44.3 Å². The Kier molecular flexibility index (Phi) is 12.3. The molecule has 0 radical (unpaired) electrons. The van der Waals surface area contributed by atoms with Gasteiger partial charge in [0.05, 0.1) is 35.5 Å². The summed E-state index contributed by atoms with van der Waals surface area (Å²) in [5.74, 6) is -5.13. The molecule has 0 heterocycles. The molecular formula is C26H36N2O10. The van der Waals surface area contributed by atoms with E-state index in [1.807, 2.05) is 12.1 Å². The number of ether oxygens (including phenoxy) is 3. The lowest BCUT2D eigenvalue weighted by molar-refractivity contribution is -0.169. The normalized spacial score (nSPS) is 15.7. The predicted molar refractivity (Wildman–Crippen MR) is 130 cm³/mol. The summed E-state index contributed by atoms with van der Waals surface area (Å²) in [5, 5.41) is 28.5. The molecule has 0 spiro atoms. The first-order chi connectivity index (χ1) is 17.3. The molecule has 12 nitrogen and oxygen atoms in total. The zero-order valence-electron chi connectivity index (χ0n) is 23.0. The number of nitriles is 2. The van der Waals surface area contributed by atoms with E-state index in [1.165, 1.54) is 41.5 Å². The van der Waals surface area contributed by atoms with Crippen molar-refractivity contribution in [2.45, 2.75) is 73.6 Å². The maximum atomic E-state index is 13.7. The monoisotopic (exact) mass is 536 g/mol. The summed E-state index contributed by atoms with van der Waals surface area (Å²) < 4.78 is 14.8. The van der Waals surface area contributed by atoms with Gasteiger partial charge in [0.1, 0.15) is 30.8 Å². The summed E-state index contributed by atoms with van der Waals surface area (Å²) in [6.07, 6.45) is -2.01. The van der Waals surface area contributed by atoms with Gasteiger partial charge in [-0.1, -0.05) is 0 Å². The van der Waals surface area contributed by atoms with Gasteiger partial charge >= 0.3 is 23.9 Å². The van der Waals surface area contributed by atoms with Crippen LogP contribution in [-0.4, -0.2) is 60.9 Å². The molecule has 12 heteroatoms. The summed E-state index contributed by atoms with van der Waals surface area (Å²) in [7, 11) is 1.05. The lowest BCUT2D eigenvalue weighted by Gasteiger charge is -2.39. The molecule has 0 rings (SSSR count). The van der Waals surface area contributed by atoms with Crippen molar-refractivity contribution in [2.75, 3.05) is 20.3 Å². The number of Topliss-reactive ketones (excluding diaryl/α,β-unsaturated/α-hetero) is 2. The molecule has 0 saturated carbocycles. The number of hydrogen-bond donors (Lipinski definition) is 1. The van der Waals surface area contributed by atoms with Crippen LogP contribution in [0.5, 0.6) is 0 Å². The minimum absolute atomic E-state index is 0.149. The van der Waals surface area contributed by atoms with Crippen LogP contribution in [0.3, 0.4) is 0 Å². The van der Waals surface area contributed by atoms with Crippen molar-refractivity contribution in [3.05, 3.63) is 0 Å². The lowest BCUT2D eigenvalue weighted by Crippen LogP contribution is -2.49. The van der Waals surface area contributed by atoms with E-state index >= 15 is 0 Å². The van der Waals surface area contributed by atoms with Crippen LogP contribution in [0.1, 0.15) is 73.6 Å². The van der Waals surface area contributed by atoms with E-state index in [2.05, 4.69) is 0 Å². The van der Waals surface area contributed by atoms with E-state index in [-0.39, 0.29) is 25.9 Å². The molecule has 0 aliphatic carbocycles. The van der Waals surface area contributed by atoms with Crippen molar-refractivity contribution in [1.29, 1.82) is 10.5 Å². The molecule has 0 aliphatic heterocycles. The molecular weight excluding hydrogens is 500 g/mol. The van der Waals surface area contributed by atoms with Gasteiger partial charge in [-0.3, -0.25) is 28.8 Å². The number of ketones is 2. The second kappa shape index (κ2) is 13.7. The highest BCUT2D eigenvalue weighted by molar-refractivity contribution is 6.05. The van der Waals surface area contributed by atoms with Gasteiger partial charge in [0.2, 0.25) is 0 Å². The Morgan fingerprint density at radius 3 is 1.87 bits per heavy atom. The van der Waals surface area contributed by atoms with E-state index in [9.17, 15) is 39.3 Å². The number of rotatable bonds is 16. The highest BCUT2D eigenvalue weighted by atomic mass is 16.6. The summed E-state index contributed by atoms with van der Waals surface area (Å²) in [6.45, 7) is 7.25. The molecule has 0 amide bonds. The van der Waals surface area contributed by atoms with Crippen molar-refractivity contribution in [3.8, 4) is 12.1 Å². The first-order valence-electron chi connectivity index (χ1n) is 11.8. The smallest absolute Gasteiger partial charge is 0.319 e. The van der Waals surface area contributed by atoms with Gasteiger partial charge < -0.3 is 19.3 Å². The third-order valence-corrected chi connectivity index (χ3v) is 6.75. The number of carbonyl (C=O) groups is 6. The SMILES string of the molecule is COC(=O)C(C)(CC(C)(C#N)CCC(=O)O)C(=O)CC(C)(C(=O)OCCOC(=O)CC(C)=O)C(C)(C)C#N. The lowest BCUT2D eigenvalue weighted by atomic mass is 9.61. The molecule has 38 heavy (non-hydrogen) atoms. The van der Waals surface area contributed by atoms with Crippen molar-refractivity contribution in [1.82, 2.24) is 0 Å². The fourth-order valence-corrected chi connectivity index (χ4v) is 3.75. The Labute approximate surface area is 222 Å². The fraction of sp³-hybridized carbons (Fsp3) is 0.692. The molecule has 0 aliphatic rings. The Bertz CT molecular complexity index is 1040. The molecule has 0 fully saturated rings. The van der Waals surface area contributed by atoms with Gasteiger partial charge in [0.25, 0.3) is 0 Å². The highest BCUT2D eigenvalue weighted by Gasteiger charge is 2.55. The quantitative estimate of drug-likeness (QED) is 0.131. The van der Waals surface area contributed by atoms with E-state index in [0.29, 0.717) is 0 Å². The van der Waals surface area contributed by atoms with Crippen LogP contribution < -0.4 is 0 Å².